The molecule has 0 aliphatic carbocycles. The van der Waals surface area contributed by atoms with Crippen molar-refractivity contribution >= 4 is 22.5 Å². The summed E-state index contributed by atoms with van der Waals surface area (Å²) in [6.45, 7) is 3.21. The smallest absolute Gasteiger partial charge is 0.152 e. The third-order valence-corrected chi connectivity index (χ3v) is 3.60. The number of nitrogens with zero attached hydrogens (tertiary/aromatic N) is 4. The van der Waals surface area contributed by atoms with Crippen LogP contribution in [0.3, 0.4) is 0 Å². The number of pyridine rings is 1. The molecular formula is C11H13N5. The summed E-state index contributed by atoms with van der Waals surface area (Å²) in [5.41, 5.74) is 10.4. The van der Waals surface area contributed by atoms with Crippen LogP contribution >= 0.6 is 0 Å². The van der Waals surface area contributed by atoms with Crippen molar-refractivity contribution in [3.8, 4) is 0 Å². The Morgan fingerprint density at radius 2 is 2.19 bits per heavy atom. The molecule has 5 heteroatoms. The monoisotopic (exact) mass is 215 g/mol. The minimum absolute atomic E-state index is 0.580. The van der Waals surface area contributed by atoms with Crippen molar-refractivity contribution in [1.82, 2.24) is 14.5 Å². The quantitative estimate of drug-likeness (QED) is 0.705. The Labute approximate surface area is 92.9 Å². The Morgan fingerprint density at radius 1 is 1.25 bits per heavy atom. The summed E-state index contributed by atoms with van der Waals surface area (Å²) in [7, 11) is 0. The highest BCUT2D eigenvalue weighted by Crippen LogP contribution is 2.37. The second kappa shape index (κ2) is 2.66. The van der Waals surface area contributed by atoms with Crippen molar-refractivity contribution in [2.75, 3.05) is 23.7 Å². The van der Waals surface area contributed by atoms with Crippen molar-refractivity contribution in [1.29, 1.82) is 0 Å². The van der Waals surface area contributed by atoms with E-state index in [0.717, 1.165) is 37.3 Å². The molecule has 2 aromatic rings. The third kappa shape index (κ3) is 0.863. The molecule has 0 saturated heterocycles. The predicted molar refractivity (Wildman–Crippen MR) is 62.5 cm³/mol. The van der Waals surface area contributed by atoms with Gasteiger partial charge < -0.3 is 15.2 Å². The highest BCUT2D eigenvalue weighted by Gasteiger charge is 2.27. The molecule has 2 aliphatic rings. The van der Waals surface area contributed by atoms with Crippen molar-refractivity contribution < 1.29 is 0 Å². The van der Waals surface area contributed by atoms with Gasteiger partial charge in [0, 0.05) is 19.6 Å². The topological polar surface area (TPSA) is 60.0 Å². The zero-order chi connectivity index (χ0) is 10.7. The molecule has 0 amide bonds. The number of imidazole rings is 1. The van der Waals surface area contributed by atoms with Crippen molar-refractivity contribution in [3.63, 3.8) is 0 Å². The van der Waals surface area contributed by atoms with Crippen molar-refractivity contribution in [2.45, 2.75) is 19.4 Å². The van der Waals surface area contributed by atoms with E-state index in [1.54, 1.807) is 0 Å². The normalized spacial score (nSPS) is 18.1. The molecule has 2 aromatic heterocycles. The number of nitrogen functional groups attached to an aromatic ring is 1. The Hall–Kier alpha value is -1.78. The van der Waals surface area contributed by atoms with Gasteiger partial charge in [-0.1, -0.05) is 0 Å². The van der Waals surface area contributed by atoms with Gasteiger partial charge in [-0.25, -0.2) is 9.97 Å². The number of aromatic nitrogens is 3. The molecule has 0 saturated carbocycles. The highest BCUT2D eigenvalue weighted by atomic mass is 15.2. The number of hydrogen-bond donors (Lipinski definition) is 1. The van der Waals surface area contributed by atoms with Gasteiger partial charge in [-0.05, 0) is 12.8 Å². The minimum Gasteiger partial charge on any atom is -0.382 e. The maximum atomic E-state index is 5.96. The van der Waals surface area contributed by atoms with E-state index in [4.69, 9.17) is 5.73 Å². The van der Waals surface area contributed by atoms with Crippen LogP contribution in [-0.4, -0.2) is 27.6 Å². The Kier molecular flexibility index (Phi) is 1.40. The SMILES string of the molecule is Nc1nc2c3c4c1ncn4CCN3CCC2. The first-order valence-electron chi connectivity index (χ1n) is 5.73. The molecule has 0 bridgehead atoms. The Bertz CT molecular complexity index is 586. The van der Waals surface area contributed by atoms with Crippen LogP contribution in [0.1, 0.15) is 12.1 Å². The van der Waals surface area contributed by atoms with E-state index >= 15 is 0 Å². The van der Waals surface area contributed by atoms with Gasteiger partial charge in [0.25, 0.3) is 0 Å². The van der Waals surface area contributed by atoms with Gasteiger partial charge in [-0.15, -0.1) is 0 Å². The fourth-order valence-corrected chi connectivity index (χ4v) is 2.88. The Balaban J connectivity index is 2.19. The van der Waals surface area contributed by atoms with Gasteiger partial charge in [0.1, 0.15) is 5.52 Å². The molecule has 5 nitrogen and oxygen atoms in total. The lowest BCUT2D eigenvalue weighted by molar-refractivity contribution is 0.605. The molecule has 4 rings (SSSR count). The second-order valence-corrected chi connectivity index (χ2v) is 4.52. The molecule has 82 valence electrons. The van der Waals surface area contributed by atoms with Gasteiger partial charge in [-0.2, -0.15) is 0 Å². The first-order chi connectivity index (χ1) is 7.84. The number of aryl methyl sites for hydroxylation is 1. The van der Waals surface area contributed by atoms with Gasteiger partial charge in [0.15, 0.2) is 5.82 Å². The number of anilines is 2. The molecule has 0 radical (unpaired) electrons. The first-order valence-corrected chi connectivity index (χ1v) is 5.73. The number of nitrogens with two attached hydrogens (primary N) is 1. The van der Waals surface area contributed by atoms with Crippen LogP contribution in [0.25, 0.3) is 11.0 Å². The van der Waals surface area contributed by atoms with Crippen LogP contribution in [-0.2, 0) is 13.0 Å². The van der Waals surface area contributed by atoms with Crippen LogP contribution in [0.4, 0.5) is 11.5 Å². The molecule has 2 aliphatic heterocycles. The van der Waals surface area contributed by atoms with Gasteiger partial charge in [0.2, 0.25) is 0 Å². The lowest BCUT2D eigenvalue weighted by Gasteiger charge is -2.34. The Morgan fingerprint density at radius 3 is 3.12 bits per heavy atom. The van der Waals surface area contributed by atoms with Crippen molar-refractivity contribution in [2.24, 2.45) is 0 Å². The third-order valence-electron chi connectivity index (χ3n) is 3.60. The van der Waals surface area contributed by atoms with E-state index in [9.17, 15) is 0 Å². The zero-order valence-corrected chi connectivity index (χ0v) is 8.98. The average Bonchev–Trinajstić information content (AvgIpc) is 2.73. The van der Waals surface area contributed by atoms with Crippen LogP contribution in [0.2, 0.25) is 0 Å². The molecule has 0 spiro atoms. The van der Waals surface area contributed by atoms with Crippen LogP contribution in [0, 0.1) is 0 Å². The van der Waals surface area contributed by atoms with E-state index in [-0.39, 0.29) is 0 Å². The van der Waals surface area contributed by atoms with Crippen molar-refractivity contribution in [3.05, 3.63) is 12.0 Å². The number of hydrogen-bond acceptors (Lipinski definition) is 4. The van der Waals surface area contributed by atoms with Crippen LogP contribution in [0.15, 0.2) is 6.33 Å². The molecule has 0 aromatic carbocycles. The summed E-state index contributed by atoms with van der Waals surface area (Å²) >= 11 is 0. The maximum Gasteiger partial charge on any atom is 0.152 e. The largest absolute Gasteiger partial charge is 0.382 e. The molecule has 0 unspecified atom stereocenters. The molecule has 0 atom stereocenters. The summed E-state index contributed by atoms with van der Waals surface area (Å²) in [5.74, 6) is 0.580. The summed E-state index contributed by atoms with van der Waals surface area (Å²) in [6, 6.07) is 0. The predicted octanol–water partition coefficient (Wildman–Crippen LogP) is 0.780. The fraction of sp³-hybridized carbons (Fsp3) is 0.455. The lowest BCUT2D eigenvalue weighted by atomic mass is 10.0. The lowest BCUT2D eigenvalue weighted by Crippen LogP contribution is -2.36. The standard InChI is InChI=1S/C11H13N5/c12-11-8-10-9-7(14-11)2-1-3-15(9)4-5-16(10)6-13-8/h6H,1-5H2,(H2,12,14). The summed E-state index contributed by atoms with van der Waals surface area (Å²) in [6.07, 6.45) is 4.10. The molecule has 0 fully saturated rings. The van der Waals surface area contributed by atoms with Gasteiger partial charge in [-0.3, -0.25) is 0 Å². The molecule has 16 heavy (non-hydrogen) atoms. The van der Waals surface area contributed by atoms with E-state index in [0.29, 0.717) is 5.82 Å². The van der Waals surface area contributed by atoms with Gasteiger partial charge >= 0.3 is 0 Å². The van der Waals surface area contributed by atoms with E-state index in [2.05, 4.69) is 19.4 Å². The first kappa shape index (κ1) is 8.38. The van der Waals surface area contributed by atoms with Gasteiger partial charge in [0.05, 0.1) is 23.2 Å². The fourth-order valence-electron chi connectivity index (χ4n) is 2.88. The molecule has 2 N–H and O–H groups in total. The minimum atomic E-state index is 0.580. The maximum absolute atomic E-state index is 5.96. The summed E-state index contributed by atoms with van der Waals surface area (Å²) in [5, 5.41) is 0. The van der Waals surface area contributed by atoms with E-state index in [1.165, 1.54) is 17.6 Å². The number of rotatable bonds is 0. The zero-order valence-electron chi connectivity index (χ0n) is 8.98. The molecular weight excluding hydrogens is 202 g/mol. The average molecular weight is 215 g/mol. The van der Waals surface area contributed by atoms with E-state index < -0.39 is 0 Å². The summed E-state index contributed by atoms with van der Waals surface area (Å²) in [4.78, 5) is 11.3. The van der Waals surface area contributed by atoms with E-state index in [1.807, 2.05) is 6.33 Å². The second-order valence-electron chi connectivity index (χ2n) is 4.52. The van der Waals surface area contributed by atoms with Crippen LogP contribution < -0.4 is 10.6 Å². The van der Waals surface area contributed by atoms with Crippen LogP contribution in [0.5, 0.6) is 0 Å². The summed E-state index contributed by atoms with van der Waals surface area (Å²) < 4.78 is 2.20. The molecule has 4 heterocycles. The highest BCUT2D eigenvalue weighted by molar-refractivity contribution is 5.97.